The van der Waals surface area contributed by atoms with Gasteiger partial charge in [-0.25, -0.2) is 4.79 Å². The van der Waals surface area contributed by atoms with Gasteiger partial charge in [0.25, 0.3) is 0 Å². The normalized spacial score (nSPS) is 10.3. The number of hydrogen-bond acceptors (Lipinski definition) is 3. The largest absolute Gasteiger partial charge is 0.422 e. The highest BCUT2D eigenvalue weighted by molar-refractivity contribution is 6.00. The summed E-state index contributed by atoms with van der Waals surface area (Å²) >= 11 is 0. The summed E-state index contributed by atoms with van der Waals surface area (Å²) in [4.78, 5) is 24.5. The first kappa shape index (κ1) is 16.9. The van der Waals surface area contributed by atoms with E-state index in [1.165, 1.54) is 0 Å². The molecule has 3 heteroatoms. The van der Waals surface area contributed by atoms with E-state index in [2.05, 4.69) is 6.92 Å². The zero-order chi connectivity index (χ0) is 16.7. The predicted molar refractivity (Wildman–Crippen MR) is 91.1 cm³/mol. The molecule has 0 N–H and O–H groups in total. The molecular formula is C20H22O3. The summed E-state index contributed by atoms with van der Waals surface area (Å²) in [5.41, 5.74) is 2.03. The van der Waals surface area contributed by atoms with Crippen molar-refractivity contribution in [3.63, 3.8) is 0 Å². The molecule has 0 aliphatic carbocycles. The summed E-state index contributed by atoms with van der Waals surface area (Å²) in [5.74, 6) is -0.0934. The molecule has 23 heavy (non-hydrogen) atoms. The second-order valence-electron chi connectivity index (χ2n) is 5.63. The molecule has 0 bridgehead atoms. The minimum absolute atomic E-state index is 0.0192. The van der Waals surface area contributed by atoms with Gasteiger partial charge in [0.2, 0.25) is 0 Å². The Bertz CT molecular complexity index is 672. The Morgan fingerprint density at radius 1 is 0.957 bits per heavy atom. The lowest BCUT2D eigenvalue weighted by Crippen LogP contribution is -2.11. The standard InChI is InChI=1S/C20H22O3/c1-3-4-5-9-18(21)17-8-6-7-10-19(17)23-20(22)16-13-11-15(2)12-14-16/h6-8,10-14H,3-5,9H2,1-2H3. The molecular weight excluding hydrogens is 288 g/mol. The van der Waals surface area contributed by atoms with Gasteiger partial charge in [0.1, 0.15) is 5.75 Å². The minimum Gasteiger partial charge on any atom is -0.422 e. The van der Waals surface area contributed by atoms with Gasteiger partial charge in [0.15, 0.2) is 5.78 Å². The smallest absolute Gasteiger partial charge is 0.343 e. The summed E-state index contributed by atoms with van der Waals surface area (Å²) < 4.78 is 5.44. The molecule has 2 aromatic carbocycles. The Hall–Kier alpha value is -2.42. The zero-order valence-corrected chi connectivity index (χ0v) is 13.7. The highest BCUT2D eigenvalue weighted by Crippen LogP contribution is 2.22. The fourth-order valence-corrected chi connectivity index (χ4v) is 2.30. The molecule has 0 fully saturated rings. The van der Waals surface area contributed by atoms with Crippen LogP contribution in [0.15, 0.2) is 48.5 Å². The molecule has 0 unspecified atom stereocenters. The van der Waals surface area contributed by atoms with Crippen molar-refractivity contribution in [3.05, 3.63) is 65.2 Å². The van der Waals surface area contributed by atoms with Crippen LogP contribution in [0.4, 0.5) is 0 Å². The number of rotatable bonds is 7. The number of unbranched alkanes of at least 4 members (excludes halogenated alkanes) is 2. The lowest BCUT2D eigenvalue weighted by atomic mass is 10.0. The van der Waals surface area contributed by atoms with Crippen LogP contribution in [-0.2, 0) is 0 Å². The quantitative estimate of drug-likeness (QED) is 0.313. The molecule has 3 nitrogen and oxygen atoms in total. The number of ketones is 1. The minimum atomic E-state index is -0.446. The van der Waals surface area contributed by atoms with Crippen molar-refractivity contribution >= 4 is 11.8 Å². The number of aryl methyl sites for hydroxylation is 1. The maximum Gasteiger partial charge on any atom is 0.343 e. The van der Waals surface area contributed by atoms with E-state index < -0.39 is 5.97 Å². The molecule has 0 atom stereocenters. The van der Waals surface area contributed by atoms with Gasteiger partial charge < -0.3 is 4.74 Å². The number of carbonyl (C=O) groups is 2. The van der Waals surface area contributed by atoms with Crippen molar-refractivity contribution in [1.82, 2.24) is 0 Å². The lowest BCUT2D eigenvalue weighted by Gasteiger charge is -2.09. The van der Waals surface area contributed by atoms with Gasteiger partial charge in [-0.15, -0.1) is 0 Å². The first-order chi connectivity index (χ1) is 11.1. The Labute approximate surface area is 137 Å². The van der Waals surface area contributed by atoms with E-state index in [1.54, 1.807) is 36.4 Å². The zero-order valence-electron chi connectivity index (χ0n) is 13.7. The van der Waals surface area contributed by atoms with E-state index in [0.29, 0.717) is 23.3 Å². The highest BCUT2D eigenvalue weighted by Gasteiger charge is 2.15. The van der Waals surface area contributed by atoms with Crippen molar-refractivity contribution in [2.75, 3.05) is 0 Å². The number of hydrogen-bond donors (Lipinski definition) is 0. The third-order valence-corrected chi connectivity index (χ3v) is 3.68. The molecule has 120 valence electrons. The van der Waals surface area contributed by atoms with Gasteiger partial charge in [0.05, 0.1) is 11.1 Å². The van der Waals surface area contributed by atoms with E-state index in [-0.39, 0.29) is 5.78 Å². The Morgan fingerprint density at radius 2 is 1.65 bits per heavy atom. The van der Waals surface area contributed by atoms with Crippen molar-refractivity contribution in [2.45, 2.75) is 39.5 Å². The fraction of sp³-hybridized carbons (Fsp3) is 0.300. The second-order valence-corrected chi connectivity index (χ2v) is 5.63. The summed E-state index contributed by atoms with van der Waals surface area (Å²) in [5, 5.41) is 0. The van der Waals surface area contributed by atoms with Crippen LogP contribution < -0.4 is 4.74 Å². The van der Waals surface area contributed by atoms with Crippen LogP contribution in [0.25, 0.3) is 0 Å². The monoisotopic (exact) mass is 310 g/mol. The Kier molecular flexibility index (Phi) is 6.10. The summed E-state index contributed by atoms with van der Waals surface area (Å²) in [6.45, 7) is 4.06. The molecule has 2 aromatic rings. The molecule has 2 rings (SSSR count). The van der Waals surface area contributed by atoms with Crippen LogP contribution >= 0.6 is 0 Å². The van der Waals surface area contributed by atoms with Crippen LogP contribution in [-0.4, -0.2) is 11.8 Å². The maximum absolute atomic E-state index is 12.3. The number of esters is 1. The third kappa shape index (κ3) is 4.78. The maximum atomic E-state index is 12.3. The van der Waals surface area contributed by atoms with E-state index in [1.807, 2.05) is 19.1 Å². The van der Waals surface area contributed by atoms with Crippen LogP contribution in [0.5, 0.6) is 5.75 Å². The van der Waals surface area contributed by atoms with Gasteiger partial charge in [-0.1, -0.05) is 49.6 Å². The van der Waals surface area contributed by atoms with Gasteiger partial charge in [0, 0.05) is 6.42 Å². The number of ether oxygens (including phenoxy) is 1. The first-order valence-corrected chi connectivity index (χ1v) is 8.03. The topological polar surface area (TPSA) is 43.4 Å². The van der Waals surface area contributed by atoms with Crippen molar-refractivity contribution in [1.29, 1.82) is 0 Å². The van der Waals surface area contributed by atoms with Crippen LogP contribution in [0.3, 0.4) is 0 Å². The highest BCUT2D eigenvalue weighted by atomic mass is 16.5. The third-order valence-electron chi connectivity index (χ3n) is 3.68. The predicted octanol–water partition coefficient (Wildman–Crippen LogP) is 4.98. The SMILES string of the molecule is CCCCCC(=O)c1ccccc1OC(=O)c1ccc(C)cc1. The van der Waals surface area contributed by atoms with Crippen molar-refractivity contribution in [2.24, 2.45) is 0 Å². The fourth-order valence-electron chi connectivity index (χ4n) is 2.30. The summed E-state index contributed by atoms with van der Waals surface area (Å²) in [6, 6.07) is 14.1. The molecule has 0 aliphatic heterocycles. The van der Waals surface area contributed by atoms with Crippen LogP contribution in [0, 0.1) is 6.92 Å². The van der Waals surface area contributed by atoms with Gasteiger partial charge in [-0.2, -0.15) is 0 Å². The average molecular weight is 310 g/mol. The number of Topliss-reactive ketones (excluding diaryl/α,β-unsaturated/α-hetero) is 1. The van der Waals surface area contributed by atoms with Gasteiger partial charge in [-0.05, 0) is 37.6 Å². The molecule has 0 spiro atoms. The lowest BCUT2D eigenvalue weighted by molar-refractivity contribution is 0.0732. The average Bonchev–Trinajstić information content (AvgIpc) is 2.56. The molecule has 0 saturated heterocycles. The van der Waals surface area contributed by atoms with Crippen molar-refractivity contribution < 1.29 is 14.3 Å². The first-order valence-electron chi connectivity index (χ1n) is 8.03. The van der Waals surface area contributed by atoms with E-state index in [4.69, 9.17) is 4.74 Å². The van der Waals surface area contributed by atoms with Gasteiger partial charge >= 0.3 is 5.97 Å². The van der Waals surface area contributed by atoms with E-state index in [9.17, 15) is 9.59 Å². The van der Waals surface area contributed by atoms with Crippen molar-refractivity contribution in [3.8, 4) is 5.75 Å². The number of benzene rings is 2. The van der Waals surface area contributed by atoms with Crippen LogP contribution in [0.2, 0.25) is 0 Å². The number of para-hydroxylation sites is 1. The number of carbonyl (C=O) groups excluding carboxylic acids is 2. The molecule has 0 amide bonds. The molecule has 0 aromatic heterocycles. The van der Waals surface area contributed by atoms with E-state index >= 15 is 0 Å². The van der Waals surface area contributed by atoms with Gasteiger partial charge in [-0.3, -0.25) is 4.79 Å². The Morgan fingerprint density at radius 3 is 2.35 bits per heavy atom. The molecule has 0 saturated carbocycles. The molecule has 0 heterocycles. The molecule has 0 radical (unpaired) electrons. The second kappa shape index (κ2) is 8.28. The van der Waals surface area contributed by atoms with E-state index in [0.717, 1.165) is 24.8 Å². The summed E-state index contributed by atoms with van der Waals surface area (Å²) in [6.07, 6.45) is 3.43. The Balaban J connectivity index is 2.12. The summed E-state index contributed by atoms with van der Waals surface area (Å²) in [7, 11) is 0. The molecule has 0 aliphatic rings. The van der Waals surface area contributed by atoms with Crippen LogP contribution in [0.1, 0.15) is 58.9 Å².